The van der Waals surface area contributed by atoms with Crippen LogP contribution in [0.25, 0.3) is 22.0 Å². The van der Waals surface area contributed by atoms with Crippen molar-refractivity contribution in [2.24, 2.45) is 5.73 Å². The normalized spacial score (nSPS) is 14.9. The first-order valence-corrected chi connectivity index (χ1v) is 8.98. The summed E-state index contributed by atoms with van der Waals surface area (Å²) >= 11 is 6.55. The van der Waals surface area contributed by atoms with Crippen LogP contribution in [-0.4, -0.2) is 31.2 Å². The molecule has 4 nitrogen and oxygen atoms in total. The van der Waals surface area contributed by atoms with Gasteiger partial charge in [-0.15, -0.1) is 0 Å². The van der Waals surface area contributed by atoms with Crippen molar-refractivity contribution in [3.05, 3.63) is 59.1 Å². The van der Waals surface area contributed by atoms with Crippen LogP contribution in [0.3, 0.4) is 0 Å². The number of nitrogens with two attached hydrogens (primary N) is 1. The van der Waals surface area contributed by atoms with Gasteiger partial charge in [-0.1, -0.05) is 41.9 Å². The van der Waals surface area contributed by atoms with E-state index in [1.54, 1.807) is 0 Å². The van der Waals surface area contributed by atoms with Crippen LogP contribution in [0.1, 0.15) is 5.56 Å². The molecule has 1 fully saturated rings. The Bertz CT molecular complexity index is 903. The summed E-state index contributed by atoms with van der Waals surface area (Å²) in [6.07, 6.45) is 0. The minimum atomic E-state index is 0.523. The molecule has 0 atom stereocenters. The first kappa shape index (κ1) is 16.3. The van der Waals surface area contributed by atoms with E-state index in [-0.39, 0.29) is 0 Å². The fourth-order valence-electron chi connectivity index (χ4n) is 3.39. The number of aromatic nitrogens is 1. The topological polar surface area (TPSA) is 54.2 Å². The maximum absolute atomic E-state index is 6.55. The zero-order valence-electron chi connectivity index (χ0n) is 14.0. The molecule has 0 unspecified atom stereocenters. The van der Waals surface area contributed by atoms with Crippen molar-refractivity contribution < 1.29 is 0 Å². The Labute approximate surface area is 152 Å². The van der Waals surface area contributed by atoms with Gasteiger partial charge in [0, 0.05) is 38.1 Å². The van der Waals surface area contributed by atoms with Crippen LogP contribution in [0.5, 0.6) is 0 Å². The number of nitrogens with one attached hydrogen (secondary N) is 1. The number of halogens is 1. The first-order valence-electron chi connectivity index (χ1n) is 8.60. The predicted octanol–water partition coefficient (Wildman–Crippen LogP) is 3.42. The average Bonchev–Trinajstić information content (AvgIpc) is 2.67. The second-order valence-electron chi connectivity index (χ2n) is 6.30. The lowest BCUT2D eigenvalue weighted by Gasteiger charge is -2.29. The lowest BCUT2D eigenvalue weighted by molar-refractivity contribution is 0.585. The lowest BCUT2D eigenvalue weighted by atomic mass is 9.98. The highest BCUT2D eigenvalue weighted by Crippen LogP contribution is 2.31. The summed E-state index contributed by atoms with van der Waals surface area (Å²) in [7, 11) is 0. The summed E-state index contributed by atoms with van der Waals surface area (Å²) in [5.41, 5.74) is 10.3. The van der Waals surface area contributed by atoms with Crippen molar-refractivity contribution >= 4 is 28.3 Å². The molecule has 0 saturated carbocycles. The van der Waals surface area contributed by atoms with Crippen molar-refractivity contribution in [1.29, 1.82) is 0 Å². The molecule has 0 bridgehead atoms. The minimum Gasteiger partial charge on any atom is -0.353 e. The van der Waals surface area contributed by atoms with Gasteiger partial charge in [-0.2, -0.15) is 0 Å². The van der Waals surface area contributed by atoms with Crippen molar-refractivity contribution in [3.63, 3.8) is 0 Å². The molecular formula is C20H21ClN4. The van der Waals surface area contributed by atoms with Crippen LogP contribution in [0.2, 0.25) is 5.02 Å². The van der Waals surface area contributed by atoms with Crippen LogP contribution < -0.4 is 16.0 Å². The van der Waals surface area contributed by atoms with Gasteiger partial charge < -0.3 is 16.0 Å². The number of piperazine rings is 1. The van der Waals surface area contributed by atoms with E-state index in [2.05, 4.69) is 40.5 Å². The summed E-state index contributed by atoms with van der Waals surface area (Å²) in [6.45, 7) is 4.31. The van der Waals surface area contributed by atoms with E-state index in [1.807, 2.05) is 18.2 Å². The van der Waals surface area contributed by atoms with E-state index in [0.717, 1.165) is 59.6 Å². The Kier molecular flexibility index (Phi) is 4.57. The van der Waals surface area contributed by atoms with E-state index < -0.39 is 0 Å². The maximum atomic E-state index is 6.55. The number of anilines is 1. The minimum absolute atomic E-state index is 0.523. The molecule has 128 valence electrons. The fraction of sp³-hybridized carbons (Fsp3) is 0.250. The highest BCUT2D eigenvalue weighted by Gasteiger charge is 2.16. The number of rotatable bonds is 3. The van der Waals surface area contributed by atoms with Gasteiger partial charge in [-0.3, -0.25) is 0 Å². The van der Waals surface area contributed by atoms with E-state index >= 15 is 0 Å². The van der Waals surface area contributed by atoms with Crippen LogP contribution >= 0.6 is 11.6 Å². The summed E-state index contributed by atoms with van der Waals surface area (Å²) < 4.78 is 0. The van der Waals surface area contributed by atoms with Gasteiger partial charge in [0.05, 0.1) is 10.5 Å². The number of hydrogen-bond donors (Lipinski definition) is 2. The summed E-state index contributed by atoms with van der Waals surface area (Å²) in [5, 5.41) is 5.11. The third-order valence-electron chi connectivity index (χ3n) is 4.71. The number of nitrogens with zero attached hydrogens (tertiary/aromatic N) is 2. The maximum Gasteiger partial charge on any atom is 0.148 e. The molecule has 1 aromatic heterocycles. The standard InChI is InChI=1S/C20H21ClN4/c21-18-12-16-11-14(17-4-2-1-3-15(17)13-22)5-6-19(16)24-20(18)25-9-7-23-8-10-25/h1-6,11-12,23H,7-10,13,22H2. The van der Waals surface area contributed by atoms with Gasteiger partial charge >= 0.3 is 0 Å². The molecule has 4 rings (SSSR count). The van der Waals surface area contributed by atoms with E-state index in [4.69, 9.17) is 22.3 Å². The third-order valence-corrected chi connectivity index (χ3v) is 4.99. The molecule has 1 saturated heterocycles. The van der Waals surface area contributed by atoms with E-state index in [9.17, 15) is 0 Å². The lowest BCUT2D eigenvalue weighted by Crippen LogP contribution is -2.44. The second kappa shape index (κ2) is 7.00. The molecule has 0 spiro atoms. The molecule has 0 aliphatic carbocycles. The number of pyridine rings is 1. The molecule has 5 heteroatoms. The zero-order chi connectivity index (χ0) is 17.2. The summed E-state index contributed by atoms with van der Waals surface area (Å²) in [5.74, 6) is 0.880. The summed E-state index contributed by atoms with van der Waals surface area (Å²) in [4.78, 5) is 7.06. The molecule has 0 radical (unpaired) electrons. The van der Waals surface area contributed by atoms with Crippen LogP contribution in [-0.2, 0) is 6.54 Å². The molecule has 2 heterocycles. The largest absolute Gasteiger partial charge is 0.353 e. The van der Waals surface area contributed by atoms with Crippen molar-refractivity contribution in [3.8, 4) is 11.1 Å². The van der Waals surface area contributed by atoms with Gasteiger partial charge in [0.2, 0.25) is 0 Å². The van der Waals surface area contributed by atoms with Gasteiger partial charge in [0.15, 0.2) is 0 Å². The van der Waals surface area contributed by atoms with Gasteiger partial charge in [-0.25, -0.2) is 4.98 Å². The quantitative estimate of drug-likeness (QED) is 0.758. The Morgan fingerprint density at radius 2 is 1.88 bits per heavy atom. The molecule has 1 aliphatic rings. The average molecular weight is 353 g/mol. The van der Waals surface area contributed by atoms with Gasteiger partial charge in [0.25, 0.3) is 0 Å². The molecule has 1 aliphatic heterocycles. The monoisotopic (exact) mass is 352 g/mol. The smallest absolute Gasteiger partial charge is 0.148 e. The zero-order valence-corrected chi connectivity index (χ0v) is 14.8. The van der Waals surface area contributed by atoms with Gasteiger partial charge in [0.1, 0.15) is 5.82 Å². The Balaban J connectivity index is 1.76. The second-order valence-corrected chi connectivity index (χ2v) is 6.71. The van der Waals surface area contributed by atoms with Crippen molar-refractivity contribution in [1.82, 2.24) is 10.3 Å². The van der Waals surface area contributed by atoms with Crippen molar-refractivity contribution in [2.75, 3.05) is 31.1 Å². The third kappa shape index (κ3) is 3.21. The molecule has 3 aromatic rings. The van der Waals surface area contributed by atoms with Crippen LogP contribution in [0.4, 0.5) is 5.82 Å². The Hall–Kier alpha value is -2.14. The highest BCUT2D eigenvalue weighted by molar-refractivity contribution is 6.33. The molecule has 25 heavy (non-hydrogen) atoms. The molecular weight excluding hydrogens is 332 g/mol. The van der Waals surface area contributed by atoms with Gasteiger partial charge in [-0.05, 0) is 34.9 Å². The van der Waals surface area contributed by atoms with Crippen LogP contribution in [0.15, 0.2) is 48.5 Å². The Morgan fingerprint density at radius 3 is 2.68 bits per heavy atom. The van der Waals surface area contributed by atoms with E-state index in [0.29, 0.717) is 11.6 Å². The SMILES string of the molecule is NCc1ccccc1-c1ccc2nc(N3CCNCC3)c(Cl)cc2c1. The predicted molar refractivity (Wildman–Crippen MR) is 105 cm³/mol. The number of hydrogen-bond acceptors (Lipinski definition) is 4. The van der Waals surface area contributed by atoms with Crippen molar-refractivity contribution in [2.45, 2.75) is 6.54 Å². The molecule has 2 aromatic carbocycles. The summed E-state index contributed by atoms with van der Waals surface area (Å²) in [6, 6.07) is 16.6. The van der Waals surface area contributed by atoms with E-state index in [1.165, 1.54) is 0 Å². The fourth-order valence-corrected chi connectivity index (χ4v) is 3.67. The first-order chi connectivity index (χ1) is 12.3. The number of fused-ring (bicyclic) bond motifs is 1. The van der Waals surface area contributed by atoms with Crippen LogP contribution in [0, 0.1) is 0 Å². The molecule has 3 N–H and O–H groups in total. The molecule has 0 amide bonds. The Morgan fingerprint density at radius 1 is 1.08 bits per heavy atom. The number of benzene rings is 2. The highest BCUT2D eigenvalue weighted by atomic mass is 35.5.